The largest absolute Gasteiger partial charge is 0.509 e. The quantitative estimate of drug-likeness (QED) is 0.0970. The molecule has 4 saturated heterocycles. The van der Waals surface area contributed by atoms with Crippen molar-refractivity contribution in [2.45, 2.75) is 185 Å². The zero-order valence-electron chi connectivity index (χ0n) is 45.0. The molecule has 5 rings (SSSR count). The summed E-state index contributed by atoms with van der Waals surface area (Å²) in [5.74, 6) is -2.48. The number of fused-ring (bicyclic) bond motifs is 1. The number of benzene rings is 1. The Morgan fingerprint density at radius 1 is 0.931 bits per heavy atom. The highest BCUT2D eigenvalue weighted by Gasteiger charge is 2.58. The molecule has 0 unspecified atom stereocenters. The number of hydrogen-bond acceptors (Lipinski definition) is 19. The molecule has 18 atom stereocenters. The molecule has 0 bridgehead atoms. The highest BCUT2D eigenvalue weighted by atomic mass is 16.8. The van der Waals surface area contributed by atoms with Gasteiger partial charge in [-0.1, -0.05) is 26.8 Å². The van der Waals surface area contributed by atoms with Gasteiger partial charge in [0, 0.05) is 44.2 Å². The van der Waals surface area contributed by atoms with Crippen LogP contribution in [-0.2, 0) is 52.2 Å². The summed E-state index contributed by atoms with van der Waals surface area (Å²) in [5, 5.41) is 24.6. The lowest BCUT2D eigenvalue weighted by Crippen LogP contribution is -2.61. The molecule has 408 valence electrons. The van der Waals surface area contributed by atoms with Gasteiger partial charge in [-0.25, -0.2) is 15.0 Å². The van der Waals surface area contributed by atoms with Crippen LogP contribution in [0.3, 0.4) is 0 Å². The SMILES string of the molecule is CC[C@H]1OC(=O)[C@@H](C)[C@H](O[C@H]2C[C@@](C)(OC)[C@@H](OC(=O)NNC(=O)/C=C/c3ccc(OC)c(OC)c3)[C@H](C)O2)[C@@H](C)[C@H](O[C@H]2O[C@@H](C)C[C@@H](N(C)C)[C@@H]2O)[C@@](C)(O)C[C@H](C)CN(C)[C@@H](C)[C@@H]2OC(=O)O[C@@]12C. The molecule has 2 amide bonds. The summed E-state index contributed by atoms with van der Waals surface area (Å²) in [4.78, 5) is 57.5. The fourth-order valence-electron chi connectivity index (χ4n) is 11.0. The van der Waals surface area contributed by atoms with Crippen LogP contribution in [0.4, 0.5) is 9.59 Å². The minimum atomic E-state index is -1.64. The summed E-state index contributed by atoms with van der Waals surface area (Å²) in [7, 11) is 10.1. The van der Waals surface area contributed by atoms with E-state index in [4.69, 9.17) is 52.1 Å². The number of nitrogens with zero attached hydrogens (tertiary/aromatic N) is 2. The molecule has 4 heterocycles. The van der Waals surface area contributed by atoms with Crippen LogP contribution in [0.1, 0.15) is 100 Å². The van der Waals surface area contributed by atoms with E-state index in [1.54, 1.807) is 59.7 Å². The predicted octanol–water partition coefficient (Wildman–Crippen LogP) is 4.58. The second-order valence-corrected chi connectivity index (χ2v) is 21.0. The van der Waals surface area contributed by atoms with Crippen molar-refractivity contribution in [3.05, 3.63) is 29.8 Å². The van der Waals surface area contributed by atoms with Gasteiger partial charge >= 0.3 is 18.2 Å². The van der Waals surface area contributed by atoms with Gasteiger partial charge in [0.25, 0.3) is 5.91 Å². The first-order valence-corrected chi connectivity index (χ1v) is 24.9. The summed E-state index contributed by atoms with van der Waals surface area (Å²) in [5.41, 5.74) is 0.939. The third kappa shape index (κ3) is 13.5. The van der Waals surface area contributed by atoms with E-state index >= 15 is 0 Å². The summed E-state index contributed by atoms with van der Waals surface area (Å²) < 4.78 is 66.9. The number of carbonyl (C=O) groups is 4. The molecule has 21 nitrogen and oxygen atoms in total. The predicted molar refractivity (Wildman–Crippen MR) is 261 cm³/mol. The van der Waals surface area contributed by atoms with Crippen molar-refractivity contribution < 1.29 is 81.5 Å². The maximum Gasteiger partial charge on any atom is 0.509 e. The van der Waals surface area contributed by atoms with Crippen molar-refractivity contribution in [2.24, 2.45) is 17.8 Å². The lowest BCUT2D eigenvalue weighted by molar-refractivity contribution is -0.317. The molecule has 0 saturated carbocycles. The van der Waals surface area contributed by atoms with Gasteiger partial charge in [-0.05, 0) is 119 Å². The normalized spacial score (nSPS) is 39.4. The van der Waals surface area contributed by atoms with Crippen LogP contribution in [0.15, 0.2) is 24.3 Å². The van der Waals surface area contributed by atoms with Gasteiger partial charge < -0.3 is 67.2 Å². The molecule has 0 radical (unpaired) electrons. The van der Waals surface area contributed by atoms with Gasteiger partial charge in [0.2, 0.25) is 0 Å². The van der Waals surface area contributed by atoms with Crippen molar-refractivity contribution in [3.63, 3.8) is 0 Å². The molecule has 1 aromatic rings. The number of amides is 2. The maximum absolute atomic E-state index is 14.8. The van der Waals surface area contributed by atoms with E-state index < -0.39 is 114 Å². The molecule has 21 heteroatoms. The summed E-state index contributed by atoms with van der Waals surface area (Å²) in [6.45, 7) is 18.3. The fraction of sp³-hybridized carbons (Fsp3) is 0.765. The standard InChI is InChI=1S/C51H82N4O17/c1-17-37-51(10)43(71-48(60)72-51)31(6)55(13)26-27(2)24-49(8,61)42(69-46-40(57)34(54(11)12)22-28(3)65-46)29(4)41(30(5)45(58)67-37)68-39-25-50(9,64-16)44(32(7)66-39)70-47(59)53-52-38(56)21-19-33-18-20-35(62-14)36(23-33)63-15/h18-21,23,27-32,34,37,39-44,46,57,61H,17,22,24-26H2,1-16H3,(H,52,56)(H,53,59)/b21-19+/t27-,28-,29+,30-,31-,32-,34+,37+,39-,40-,41+,42-,43-,44-,46+,49-,50+,51-/m0/s1. The van der Waals surface area contributed by atoms with E-state index in [2.05, 4.69) is 10.9 Å². The van der Waals surface area contributed by atoms with E-state index in [9.17, 15) is 29.4 Å². The molecule has 72 heavy (non-hydrogen) atoms. The third-order valence-corrected chi connectivity index (χ3v) is 15.0. The molecule has 4 aliphatic heterocycles. The van der Waals surface area contributed by atoms with Crippen LogP contribution >= 0.6 is 0 Å². The van der Waals surface area contributed by atoms with Gasteiger partial charge in [-0.3, -0.25) is 19.9 Å². The van der Waals surface area contributed by atoms with Crippen LogP contribution in [0.25, 0.3) is 6.08 Å². The number of rotatable bonds is 12. The summed E-state index contributed by atoms with van der Waals surface area (Å²) in [6.07, 6.45) is -7.85. The average molecular weight is 1020 g/mol. The van der Waals surface area contributed by atoms with Gasteiger partial charge in [-0.15, -0.1) is 0 Å². The number of cyclic esters (lactones) is 1. The second kappa shape index (κ2) is 24.4. The number of carbonyl (C=O) groups excluding carboxylic acids is 4. The molecule has 4 fully saturated rings. The lowest BCUT2D eigenvalue weighted by atomic mass is 9.77. The monoisotopic (exact) mass is 1020 g/mol. The number of esters is 1. The minimum Gasteiger partial charge on any atom is -0.493 e. The number of hydrogen-bond donors (Lipinski definition) is 4. The molecular formula is C51H82N4O17. The Morgan fingerprint density at radius 2 is 1.61 bits per heavy atom. The number of methoxy groups -OCH3 is 3. The molecule has 0 spiro atoms. The number of likely N-dealkylation sites (N-methyl/N-ethyl adjacent to an activating group) is 2. The highest BCUT2D eigenvalue weighted by Crippen LogP contribution is 2.42. The van der Waals surface area contributed by atoms with Crippen LogP contribution in [0.2, 0.25) is 0 Å². The number of hydrazine groups is 1. The number of aliphatic hydroxyl groups excluding tert-OH is 1. The Labute approximate surface area is 424 Å². The Bertz CT molecular complexity index is 2040. The molecule has 1 aromatic carbocycles. The molecule has 0 aliphatic carbocycles. The van der Waals surface area contributed by atoms with E-state index in [1.807, 2.05) is 58.6 Å². The molecular weight excluding hydrogens is 941 g/mol. The number of aliphatic hydroxyl groups is 2. The van der Waals surface area contributed by atoms with E-state index in [0.29, 0.717) is 30.0 Å². The molecule has 4 aliphatic rings. The Kier molecular flexibility index (Phi) is 19.8. The van der Waals surface area contributed by atoms with Crippen molar-refractivity contribution in [3.8, 4) is 11.5 Å². The van der Waals surface area contributed by atoms with Gasteiger partial charge in [0.05, 0.1) is 50.2 Å². The van der Waals surface area contributed by atoms with Crippen LogP contribution < -0.4 is 20.3 Å². The lowest BCUT2D eigenvalue weighted by Gasteiger charge is -2.49. The number of nitrogens with one attached hydrogen (secondary N) is 2. The first kappa shape index (κ1) is 58.6. The zero-order chi connectivity index (χ0) is 53.6. The molecule has 0 aromatic heterocycles. The Morgan fingerprint density at radius 3 is 2.24 bits per heavy atom. The smallest absolute Gasteiger partial charge is 0.493 e. The third-order valence-electron chi connectivity index (χ3n) is 15.0. The van der Waals surface area contributed by atoms with Gasteiger partial charge in [0.1, 0.15) is 17.8 Å². The maximum atomic E-state index is 14.8. The van der Waals surface area contributed by atoms with Crippen molar-refractivity contribution in [1.29, 1.82) is 0 Å². The topological polar surface area (TPSA) is 241 Å². The highest BCUT2D eigenvalue weighted by molar-refractivity contribution is 5.92. The Hall–Kier alpha value is -4.32. The van der Waals surface area contributed by atoms with Crippen LogP contribution in [0, 0.1) is 17.8 Å². The summed E-state index contributed by atoms with van der Waals surface area (Å²) >= 11 is 0. The first-order chi connectivity index (χ1) is 33.7. The first-order valence-electron chi connectivity index (χ1n) is 24.9. The Balaban J connectivity index is 1.44. The molecule has 4 N–H and O–H groups in total. The zero-order valence-corrected chi connectivity index (χ0v) is 45.0. The van der Waals surface area contributed by atoms with Gasteiger partial charge in [-0.2, -0.15) is 0 Å². The number of ether oxygens (including phenoxy) is 11. The van der Waals surface area contributed by atoms with Gasteiger partial charge in [0.15, 0.2) is 41.9 Å². The fourth-order valence-corrected chi connectivity index (χ4v) is 11.0. The van der Waals surface area contributed by atoms with E-state index in [1.165, 1.54) is 33.5 Å². The van der Waals surface area contributed by atoms with Crippen molar-refractivity contribution >= 4 is 30.2 Å². The van der Waals surface area contributed by atoms with E-state index in [0.717, 1.165) is 0 Å². The van der Waals surface area contributed by atoms with Crippen molar-refractivity contribution in [1.82, 2.24) is 20.7 Å². The van der Waals surface area contributed by atoms with Crippen LogP contribution in [-0.4, -0.2) is 183 Å². The van der Waals surface area contributed by atoms with E-state index in [-0.39, 0.29) is 37.3 Å². The summed E-state index contributed by atoms with van der Waals surface area (Å²) in [6, 6.07) is 4.38. The van der Waals surface area contributed by atoms with Crippen molar-refractivity contribution in [2.75, 3.05) is 49.0 Å². The second-order valence-electron chi connectivity index (χ2n) is 21.0. The average Bonchev–Trinajstić information content (AvgIpc) is 3.64. The minimum absolute atomic E-state index is 0.0303. The van der Waals surface area contributed by atoms with Crippen LogP contribution in [0.5, 0.6) is 11.5 Å².